The van der Waals surface area contributed by atoms with E-state index < -0.39 is 10.0 Å². The summed E-state index contributed by atoms with van der Waals surface area (Å²) in [7, 11) is -3.48. The summed E-state index contributed by atoms with van der Waals surface area (Å²) in [6.45, 7) is 10.3. The zero-order valence-corrected chi connectivity index (χ0v) is 17.2. The number of benzene rings is 2. The predicted molar refractivity (Wildman–Crippen MR) is 107 cm³/mol. The van der Waals surface area contributed by atoms with Crippen LogP contribution in [0.25, 0.3) is 0 Å². The van der Waals surface area contributed by atoms with Gasteiger partial charge in [0.15, 0.2) is 0 Å². The van der Waals surface area contributed by atoms with Gasteiger partial charge in [-0.25, -0.2) is 13.1 Å². The van der Waals surface area contributed by atoms with E-state index in [0.717, 1.165) is 22.4 Å². The van der Waals surface area contributed by atoms with Crippen molar-refractivity contribution in [2.75, 3.05) is 12.3 Å². The van der Waals surface area contributed by atoms with Gasteiger partial charge in [0, 0.05) is 17.2 Å². The first-order valence-corrected chi connectivity index (χ1v) is 10.9. The summed E-state index contributed by atoms with van der Waals surface area (Å²) in [5.41, 5.74) is 3.93. The minimum Gasteiger partial charge on any atom is -0.211 e. The molecule has 0 amide bonds. The minimum atomic E-state index is -3.48. The topological polar surface area (TPSA) is 46.2 Å². The normalized spacial score (nSPS) is 13.0. The molecule has 0 aliphatic heterocycles. The second-order valence-corrected chi connectivity index (χ2v) is 9.53. The van der Waals surface area contributed by atoms with E-state index >= 15 is 0 Å². The van der Waals surface area contributed by atoms with E-state index in [2.05, 4.69) is 30.7 Å². The Labute approximate surface area is 156 Å². The highest BCUT2D eigenvalue weighted by molar-refractivity contribution is 7.99. The summed E-state index contributed by atoms with van der Waals surface area (Å²) < 4.78 is 28.2. The highest BCUT2D eigenvalue weighted by atomic mass is 32.2. The molecule has 1 N–H and O–H groups in total. The van der Waals surface area contributed by atoms with Crippen molar-refractivity contribution in [3.8, 4) is 0 Å². The van der Waals surface area contributed by atoms with Crippen LogP contribution in [0.3, 0.4) is 0 Å². The van der Waals surface area contributed by atoms with Gasteiger partial charge in [0.05, 0.1) is 4.90 Å². The van der Waals surface area contributed by atoms with Gasteiger partial charge in [0.25, 0.3) is 0 Å². The van der Waals surface area contributed by atoms with E-state index in [0.29, 0.717) is 11.4 Å². The fourth-order valence-corrected chi connectivity index (χ4v) is 5.59. The van der Waals surface area contributed by atoms with Gasteiger partial charge in [-0.05, 0) is 56.4 Å². The Morgan fingerprint density at radius 1 is 1.00 bits per heavy atom. The van der Waals surface area contributed by atoms with Gasteiger partial charge >= 0.3 is 0 Å². The van der Waals surface area contributed by atoms with Crippen LogP contribution in [-0.2, 0) is 10.0 Å². The van der Waals surface area contributed by atoms with Gasteiger partial charge < -0.3 is 0 Å². The summed E-state index contributed by atoms with van der Waals surface area (Å²) in [6, 6.07) is 12.1. The lowest BCUT2D eigenvalue weighted by molar-refractivity contribution is 0.561. The largest absolute Gasteiger partial charge is 0.241 e. The van der Waals surface area contributed by atoms with Crippen LogP contribution < -0.4 is 4.72 Å². The number of rotatable bonds is 7. The van der Waals surface area contributed by atoms with Crippen LogP contribution in [0.2, 0.25) is 0 Å². The van der Waals surface area contributed by atoms with Gasteiger partial charge in [-0.3, -0.25) is 0 Å². The van der Waals surface area contributed by atoms with Crippen LogP contribution in [0.4, 0.5) is 0 Å². The van der Waals surface area contributed by atoms with Crippen LogP contribution in [-0.4, -0.2) is 20.7 Å². The molecule has 0 heterocycles. The highest BCUT2D eigenvalue weighted by Crippen LogP contribution is 2.25. The fraction of sp³-hybridized carbons (Fsp3) is 0.400. The molecule has 3 nitrogen and oxygen atoms in total. The Kier molecular flexibility index (Phi) is 6.72. The zero-order chi connectivity index (χ0) is 18.6. The lowest BCUT2D eigenvalue weighted by atomic mass is 10.1. The first-order chi connectivity index (χ1) is 11.7. The van der Waals surface area contributed by atoms with Crippen molar-refractivity contribution in [1.82, 2.24) is 4.72 Å². The molecule has 2 rings (SSSR count). The summed E-state index contributed by atoms with van der Waals surface area (Å²) in [6.07, 6.45) is 0. The standard InChI is InChI=1S/C20H27NO2S2/c1-14-10-17(4)20(18(5)11-14)25(22,23)21-12-15(2)13-24-19-9-7-6-8-16(19)3/h6-11,15,21H,12-13H2,1-5H3. The van der Waals surface area contributed by atoms with E-state index in [9.17, 15) is 8.42 Å². The maximum atomic E-state index is 12.7. The molecule has 0 aromatic heterocycles. The second kappa shape index (κ2) is 8.39. The third-order valence-corrected chi connectivity index (χ3v) is 7.35. The maximum Gasteiger partial charge on any atom is 0.241 e. The van der Waals surface area contributed by atoms with Crippen molar-refractivity contribution < 1.29 is 8.42 Å². The molecule has 1 unspecified atom stereocenters. The van der Waals surface area contributed by atoms with Gasteiger partial charge in [-0.1, -0.05) is 42.8 Å². The van der Waals surface area contributed by atoms with E-state index in [1.54, 1.807) is 11.8 Å². The lowest BCUT2D eigenvalue weighted by Crippen LogP contribution is -2.30. The van der Waals surface area contributed by atoms with Crippen LogP contribution >= 0.6 is 11.8 Å². The predicted octanol–water partition coefficient (Wildman–Crippen LogP) is 4.63. The molecule has 0 radical (unpaired) electrons. The van der Waals surface area contributed by atoms with Crippen LogP contribution in [0.5, 0.6) is 0 Å². The molecule has 0 aliphatic rings. The fourth-order valence-electron chi connectivity index (χ4n) is 2.92. The molecule has 0 saturated heterocycles. The highest BCUT2D eigenvalue weighted by Gasteiger charge is 2.20. The van der Waals surface area contributed by atoms with Crippen molar-refractivity contribution in [3.63, 3.8) is 0 Å². The van der Waals surface area contributed by atoms with Crippen molar-refractivity contribution in [2.24, 2.45) is 5.92 Å². The molecule has 5 heteroatoms. The van der Waals surface area contributed by atoms with Crippen LogP contribution in [0.1, 0.15) is 29.2 Å². The molecule has 25 heavy (non-hydrogen) atoms. The number of thioether (sulfide) groups is 1. The maximum absolute atomic E-state index is 12.7. The lowest BCUT2D eigenvalue weighted by Gasteiger charge is -2.16. The third-order valence-electron chi connectivity index (χ3n) is 4.11. The molecule has 0 aliphatic carbocycles. The second-order valence-electron chi connectivity index (χ2n) is 6.76. The average molecular weight is 378 g/mol. The molecule has 0 saturated carbocycles. The quantitative estimate of drug-likeness (QED) is 0.716. The Morgan fingerprint density at radius 3 is 2.20 bits per heavy atom. The Bertz CT molecular complexity index is 822. The number of aryl methyl sites for hydroxylation is 4. The molecule has 2 aromatic carbocycles. The molecular weight excluding hydrogens is 350 g/mol. The van der Waals surface area contributed by atoms with Gasteiger partial charge in [-0.2, -0.15) is 0 Å². The molecular formula is C20H27NO2S2. The molecule has 136 valence electrons. The monoisotopic (exact) mass is 377 g/mol. The summed E-state index contributed by atoms with van der Waals surface area (Å²) in [5.74, 6) is 1.12. The smallest absolute Gasteiger partial charge is 0.211 e. The van der Waals surface area contributed by atoms with E-state index in [1.807, 2.05) is 45.0 Å². The summed E-state index contributed by atoms with van der Waals surface area (Å²) in [5, 5.41) is 0. The van der Waals surface area contributed by atoms with E-state index in [4.69, 9.17) is 0 Å². The van der Waals surface area contributed by atoms with Crippen molar-refractivity contribution in [3.05, 3.63) is 58.7 Å². The first kappa shape index (κ1) is 20.0. The van der Waals surface area contributed by atoms with Gasteiger partial charge in [0.1, 0.15) is 0 Å². The molecule has 1 atom stereocenters. The Balaban J connectivity index is 1.99. The summed E-state index contributed by atoms with van der Waals surface area (Å²) >= 11 is 1.77. The molecule has 0 bridgehead atoms. The molecule has 2 aromatic rings. The number of hydrogen-bond acceptors (Lipinski definition) is 3. The minimum absolute atomic E-state index is 0.241. The third kappa shape index (κ3) is 5.33. The zero-order valence-electron chi connectivity index (χ0n) is 15.6. The number of hydrogen-bond donors (Lipinski definition) is 1. The van der Waals surface area contributed by atoms with Gasteiger partial charge in [-0.15, -0.1) is 11.8 Å². The molecule has 0 spiro atoms. The number of sulfonamides is 1. The Hall–Kier alpha value is -1.30. The molecule has 0 fully saturated rings. The van der Waals surface area contributed by atoms with Crippen molar-refractivity contribution in [1.29, 1.82) is 0 Å². The number of nitrogens with one attached hydrogen (secondary N) is 1. The SMILES string of the molecule is Cc1cc(C)c(S(=O)(=O)NCC(C)CSc2ccccc2C)c(C)c1. The Morgan fingerprint density at radius 2 is 1.60 bits per heavy atom. The first-order valence-electron chi connectivity index (χ1n) is 8.46. The summed E-state index contributed by atoms with van der Waals surface area (Å²) in [4.78, 5) is 1.67. The van der Waals surface area contributed by atoms with E-state index in [1.165, 1.54) is 10.5 Å². The van der Waals surface area contributed by atoms with E-state index in [-0.39, 0.29) is 5.92 Å². The van der Waals surface area contributed by atoms with Crippen LogP contribution in [0.15, 0.2) is 46.2 Å². The van der Waals surface area contributed by atoms with Gasteiger partial charge in [0.2, 0.25) is 10.0 Å². The van der Waals surface area contributed by atoms with Crippen LogP contribution in [0, 0.1) is 33.6 Å². The van der Waals surface area contributed by atoms with Crippen molar-refractivity contribution in [2.45, 2.75) is 44.4 Å². The van der Waals surface area contributed by atoms with Crippen molar-refractivity contribution >= 4 is 21.8 Å². The average Bonchev–Trinajstić information content (AvgIpc) is 2.51.